The Morgan fingerprint density at radius 3 is 2.59 bits per heavy atom. The van der Waals surface area contributed by atoms with Crippen LogP contribution in [0.4, 0.5) is 10.7 Å². The standard InChI is InChI=1S/C12H19N3S2/c1-5-15(7-8(2)3)12-11(16-4)10(14)9(6-13)17-12/h8H,5,7,14H2,1-4H3. The van der Waals surface area contributed by atoms with Crippen LogP contribution in [-0.4, -0.2) is 19.3 Å². The maximum atomic E-state index is 9.04. The molecule has 1 aromatic rings. The molecule has 0 atom stereocenters. The number of nitrogens with two attached hydrogens (primary N) is 1. The molecule has 0 aliphatic heterocycles. The van der Waals surface area contributed by atoms with Gasteiger partial charge in [0, 0.05) is 13.1 Å². The highest BCUT2D eigenvalue weighted by molar-refractivity contribution is 7.99. The first-order valence-electron chi connectivity index (χ1n) is 5.66. The first kappa shape index (κ1) is 14.2. The molecule has 94 valence electrons. The third kappa shape index (κ3) is 3.08. The minimum Gasteiger partial charge on any atom is -0.396 e. The average molecular weight is 269 g/mol. The molecule has 1 rings (SSSR count). The minimum atomic E-state index is 0.596. The van der Waals surface area contributed by atoms with Crippen molar-refractivity contribution < 1.29 is 0 Å². The molecule has 17 heavy (non-hydrogen) atoms. The van der Waals surface area contributed by atoms with Crippen LogP contribution in [0.2, 0.25) is 0 Å². The molecule has 5 heteroatoms. The average Bonchev–Trinajstić information content (AvgIpc) is 2.62. The first-order chi connectivity index (χ1) is 8.04. The number of hydrogen-bond donors (Lipinski definition) is 1. The molecule has 0 unspecified atom stereocenters. The van der Waals surface area contributed by atoms with E-state index in [-0.39, 0.29) is 0 Å². The van der Waals surface area contributed by atoms with Crippen LogP contribution in [0, 0.1) is 17.2 Å². The SMILES string of the molecule is CCN(CC(C)C)c1sc(C#N)c(N)c1SC. The second-order valence-corrected chi connectivity index (χ2v) is 6.04. The van der Waals surface area contributed by atoms with E-state index in [9.17, 15) is 0 Å². The van der Waals surface area contributed by atoms with Crippen molar-refractivity contribution in [3.63, 3.8) is 0 Å². The second kappa shape index (κ2) is 6.18. The Kier molecular flexibility index (Phi) is 5.16. The van der Waals surface area contributed by atoms with Crippen molar-refractivity contribution >= 4 is 33.8 Å². The molecule has 1 aromatic heterocycles. The molecule has 0 saturated heterocycles. The van der Waals surface area contributed by atoms with E-state index in [0.29, 0.717) is 16.5 Å². The van der Waals surface area contributed by atoms with E-state index in [0.717, 1.165) is 23.0 Å². The maximum Gasteiger partial charge on any atom is 0.131 e. The molecule has 0 aliphatic rings. The van der Waals surface area contributed by atoms with Crippen LogP contribution < -0.4 is 10.6 Å². The highest BCUT2D eigenvalue weighted by Crippen LogP contribution is 2.43. The van der Waals surface area contributed by atoms with Crippen molar-refractivity contribution in [2.24, 2.45) is 5.92 Å². The molecule has 0 radical (unpaired) electrons. The lowest BCUT2D eigenvalue weighted by Crippen LogP contribution is -2.26. The van der Waals surface area contributed by atoms with Crippen molar-refractivity contribution in [3.05, 3.63) is 4.88 Å². The highest BCUT2D eigenvalue weighted by Gasteiger charge is 2.19. The molecule has 1 heterocycles. The van der Waals surface area contributed by atoms with Gasteiger partial charge in [0.15, 0.2) is 0 Å². The van der Waals surface area contributed by atoms with Crippen LogP contribution in [0.15, 0.2) is 4.90 Å². The fraction of sp³-hybridized carbons (Fsp3) is 0.583. The monoisotopic (exact) mass is 269 g/mol. The third-order valence-electron chi connectivity index (χ3n) is 2.44. The van der Waals surface area contributed by atoms with Crippen molar-refractivity contribution in [2.45, 2.75) is 25.7 Å². The molecular weight excluding hydrogens is 250 g/mol. The smallest absolute Gasteiger partial charge is 0.131 e. The van der Waals surface area contributed by atoms with Crippen molar-refractivity contribution in [3.8, 4) is 6.07 Å². The largest absolute Gasteiger partial charge is 0.396 e. The number of nitriles is 1. The Morgan fingerprint density at radius 1 is 1.53 bits per heavy atom. The summed E-state index contributed by atoms with van der Waals surface area (Å²) in [4.78, 5) is 3.99. The van der Waals surface area contributed by atoms with Crippen LogP contribution in [0.1, 0.15) is 25.6 Å². The zero-order chi connectivity index (χ0) is 13.0. The molecule has 3 nitrogen and oxygen atoms in total. The van der Waals surface area contributed by atoms with Gasteiger partial charge in [0.1, 0.15) is 15.9 Å². The van der Waals surface area contributed by atoms with Gasteiger partial charge in [-0.2, -0.15) is 5.26 Å². The Morgan fingerprint density at radius 2 is 2.18 bits per heavy atom. The number of anilines is 2. The van der Waals surface area contributed by atoms with E-state index in [1.807, 2.05) is 6.26 Å². The topological polar surface area (TPSA) is 53.0 Å². The van der Waals surface area contributed by atoms with E-state index in [4.69, 9.17) is 11.0 Å². The lowest BCUT2D eigenvalue weighted by Gasteiger charge is -2.24. The Balaban J connectivity index is 3.15. The lowest BCUT2D eigenvalue weighted by molar-refractivity contribution is 0.619. The van der Waals surface area contributed by atoms with Crippen LogP contribution in [0.25, 0.3) is 0 Å². The number of thioether (sulfide) groups is 1. The van der Waals surface area contributed by atoms with E-state index in [1.54, 1.807) is 11.8 Å². The summed E-state index contributed by atoms with van der Waals surface area (Å²) in [6.45, 7) is 8.47. The van der Waals surface area contributed by atoms with Crippen molar-refractivity contribution in [1.29, 1.82) is 5.26 Å². The molecule has 0 bridgehead atoms. The molecule has 0 amide bonds. The zero-order valence-electron chi connectivity index (χ0n) is 10.8. The van der Waals surface area contributed by atoms with Gasteiger partial charge in [-0.15, -0.1) is 23.1 Å². The number of nitrogens with zero attached hydrogens (tertiary/aromatic N) is 2. The predicted octanol–water partition coefficient (Wildman–Crippen LogP) is 3.41. The Hall–Kier alpha value is -0.860. The molecule has 0 aliphatic carbocycles. The van der Waals surface area contributed by atoms with Gasteiger partial charge in [-0.3, -0.25) is 0 Å². The summed E-state index contributed by atoms with van der Waals surface area (Å²) in [5.74, 6) is 0.596. The van der Waals surface area contributed by atoms with Crippen LogP contribution in [0.5, 0.6) is 0 Å². The fourth-order valence-corrected chi connectivity index (χ4v) is 3.75. The molecular formula is C12H19N3S2. The van der Waals surface area contributed by atoms with Gasteiger partial charge in [0.05, 0.1) is 10.6 Å². The summed E-state index contributed by atoms with van der Waals surface area (Å²) < 4.78 is 0. The minimum absolute atomic E-state index is 0.596. The first-order valence-corrected chi connectivity index (χ1v) is 7.70. The summed E-state index contributed by atoms with van der Waals surface area (Å²) in [5, 5.41) is 10.2. The quantitative estimate of drug-likeness (QED) is 0.832. The van der Waals surface area contributed by atoms with Gasteiger partial charge in [-0.25, -0.2) is 0 Å². The lowest BCUT2D eigenvalue weighted by atomic mass is 10.2. The molecule has 0 aromatic carbocycles. The summed E-state index contributed by atoms with van der Waals surface area (Å²) in [5.41, 5.74) is 6.63. The summed E-state index contributed by atoms with van der Waals surface area (Å²) >= 11 is 3.13. The Labute approximate surface area is 112 Å². The molecule has 0 saturated carbocycles. The maximum absolute atomic E-state index is 9.04. The van der Waals surface area contributed by atoms with Crippen molar-refractivity contribution in [2.75, 3.05) is 30.0 Å². The van der Waals surface area contributed by atoms with E-state index in [2.05, 4.69) is 31.7 Å². The van der Waals surface area contributed by atoms with Crippen molar-refractivity contribution in [1.82, 2.24) is 0 Å². The van der Waals surface area contributed by atoms with Gasteiger partial charge in [-0.1, -0.05) is 13.8 Å². The molecule has 0 fully saturated rings. The molecule has 0 spiro atoms. The number of rotatable bonds is 5. The van der Waals surface area contributed by atoms with Gasteiger partial charge >= 0.3 is 0 Å². The third-order valence-corrected chi connectivity index (χ3v) is 4.56. The normalized spacial score (nSPS) is 10.6. The summed E-state index contributed by atoms with van der Waals surface area (Å²) in [6.07, 6.45) is 2.01. The summed E-state index contributed by atoms with van der Waals surface area (Å²) in [7, 11) is 0. The number of hydrogen-bond acceptors (Lipinski definition) is 5. The fourth-order valence-electron chi connectivity index (χ4n) is 1.70. The van der Waals surface area contributed by atoms with Gasteiger partial charge in [0.25, 0.3) is 0 Å². The van der Waals surface area contributed by atoms with E-state index >= 15 is 0 Å². The molecule has 2 N–H and O–H groups in total. The second-order valence-electron chi connectivity index (χ2n) is 4.23. The van der Waals surface area contributed by atoms with Gasteiger partial charge in [-0.05, 0) is 19.1 Å². The van der Waals surface area contributed by atoms with Crippen LogP contribution in [-0.2, 0) is 0 Å². The Bertz CT molecular complexity index is 418. The van der Waals surface area contributed by atoms with Crippen LogP contribution in [0.3, 0.4) is 0 Å². The number of nitrogen functional groups attached to an aromatic ring is 1. The van der Waals surface area contributed by atoms with E-state index in [1.165, 1.54) is 11.3 Å². The van der Waals surface area contributed by atoms with E-state index < -0.39 is 0 Å². The summed E-state index contributed by atoms with van der Waals surface area (Å²) in [6, 6.07) is 2.18. The predicted molar refractivity (Wildman–Crippen MR) is 78.0 cm³/mol. The van der Waals surface area contributed by atoms with Gasteiger partial charge < -0.3 is 10.6 Å². The number of thiophene rings is 1. The van der Waals surface area contributed by atoms with Crippen LogP contribution >= 0.6 is 23.1 Å². The zero-order valence-corrected chi connectivity index (χ0v) is 12.4. The highest BCUT2D eigenvalue weighted by atomic mass is 32.2. The van der Waals surface area contributed by atoms with Gasteiger partial charge in [0.2, 0.25) is 0 Å².